The molecule has 0 aromatic carbocycles. The monoisotopic (exact) mass is 304 g/mol. The molecule has 3 heterocycles. The number of hydrogen-bond donors (Lipinski definition) is 1. The Morgan fingerprint density at radius 2 is 2.10 bits per heavy atom. The number of aromatic nitrogens is 5. The van der Waals surface area contributed by atoms with Gasteiger partial charge in [-0.1, -0.05) is 11.8 Å². The average Bonchev–Trinajstić information content (AvgIpc) is 3.00. The Morgan fingerprint density at radius 1 is 1.29 bits per heavy atom. The maximum atomic E-state index is 5.55. The Hall–Kier alpha value is -2.09. The average molecular weight is 304 g/mol. The summed E-state index contributed by atoms with van der Waals surface area (Å²) in [6.45, 7) is 3.84. The van der Waals surface area contributed by atoms with E-state index >= 15 is 0 Å². The first-order valence-electron chi connectivity index (χ1n) is 6.51. The van der Waals surface area contributed by atoms with Gasteiger partial charge in [-0.2, -0.15) is 5.10 Å². The second kappa shape index (κ2) is 5.36. The van der Waals surface area contributed by atoms with Crippen LogP contribution in [0.15, 0.2) is 15.8 Å². The Morgan fingerprint density at radius 3 is 2.76 bits per heavy atom. The molecule has 3 aromatic rings. The number of fused-ring (bicyclic) bond motifs is 1. The molecule has 0 aliphatic rings. The summed E-state index contributed by atoms with van der Waals surface area (Å²) in [5.74, 6) is 2.93. The summed E-state index contributed by atoms with van der Waals surface area (Å²) in [5, 5.41) is 8.85. The third-order valence-electron chi connectivity index (χ3n) is 3.21. The third-order valence-corrected chi connectivity index (χ3v) is 4.03. The molecule has 0 amide bonds. The number of oxazole rings is 1. The summed E-state index contributed by atoms with van der Waals surface area (Å²) in [4.78, 5) is 13.4. The van der Waals surface area contributed by atoms with Crippen LogP contribution in [0.1, 0.15) is 17.3 Å². The van der Waals surface area contributed by atoms with Gasteiger partial charge in [-0.25, -0.2) is 15.0 Å². The van der Waals surface area contributed by atoms with E-state index in [-0.39, 0.29) is 0 Å². The van der Waals surface area contributed by atoms with Gasteiger partial charge in [0, 0.05) is 14.1 Å². The highest BCUT2D eigenvalue weighted by Gasteiger charge is 2.12. The van der Waals surface area contributed by atoms with Gasteiger partial charge in [0.2, 0.25) is 0 Å². The van der Waals surface area contributed by atoms with Crippen LogP contribution in [0.2, 0.25) is 0 Å². The zero-order chi connectivity index (χ0) is 15.0. The van der Waals surface area contributed by atoms with Crippen molar-refractivity contribution in [2.24, 2.45) is 7.05 Å². The van der Waals surface area contributed by atoms with Crippen LogP contribution >= 0.6 is 11.8 Å². The Bertz CT molecular complexity index is 774. The van der Waals surface area contributed by atoms with Crippen molar-refractivity contribution >= 4 is 28.6 Å². The minimum atomic E-state index is 0.592. The second-order valence-electron chi connectivity index (χ2n) is 4.65. The summed E-state index contributed by atoms with van der Waals surface area (Å²) in [6, 6.07) is 0. The number of rotatable bonds is 4. The summed E-state index contributed by atoms with van der Waals surface area (Å²) in [7, 11) is 3.71. The van der Waals surface area contributed by atoms with Crippen LogP contribution in [0, 0.1) is 13.8 Å². The molecule has 7 nitrogen and oxygen atoms in total. The van der Waals surface area contributed by atoms with Crippen molar-refractivity contribution in [3.63, 3.8) is 0 Å². The van der Waals surface area contributed by atoms with Gasteiger partial charge in [0.1, 0.15) is 17.4 Å². The summed E-state index contributed by atoms with van der Waals surface area (Å²) in [5.41, 5.74) is 1.72. The lowest BCUT2D eigenvalue weighted by Crippen LogP contribution is -2.02. The van der Waals surface area contributed by atoms with Crippen LogP contribution < -0.4 is 5.32 Å². The fourth-order valence-electron chi connectivity index (χ4n) is 1.95. The first-order chi connectivity index (χ1) is 10.1. The molecular formula is C13H16N6OS. The molecule has 0 atom stereocenters. The maximum absolute atomic E-state index is 5.55. The van der Waals surface area contributed by atoms with E-state index in [9.17, 15) is 0 Å². The van der Waals surface area contributed by atoms with Gasteiger partial charge in [0.25, 0.3) is 5.22 Å². The molecule has 3 rings (SSSR count). The number of anilines is 1. The highest BCUT2D eigenvalue weighted by molar-refractivity contribution is 7.98. The lowest BCUT2D eigenvalue weighted by atomic mass is 10.4. The number of thioether (sulfide) groups is 1. The van der Waals surface area contributed by atoms with Crippen molar-refractivity contribution in [2.45, 2.75) is 24.8 Å². The SMILES string of the molecule is CNc1nc(CSc2nc(C)c(C)o2)nc2c1cnn2C. The van der Waals surface area contributed by atoms with Crippen LogP contribution in [0.5, 0.6) is 0 Å². The smallest absolute Gasteiger partial charge is 0.256 e. The maximum Gasteiger partial charge on any atom is 0.256 e. The van der Waals surface area contributed by atoms with E-state index in [0.717, 1.165) is 28.3 Å². The summed E-state index contributed by atoms with van der Waals surface area (Å²) >= 11 is 1.48. The van der Waals surface area contributed by atoms with Gasteiger partial charge in [0.15, 0.2) is 5.65 Å². The Balaban J connectivity index is 1.88. The van der Waals surface area contributed by atoms with Gasteiger partial charge in [0.05, 0.1) is 23.0 Å². The zero-order valence-electron chi connectivity index (χ0n) is 12.3. The van der Waals surface area contributed by atoms with Crippen LogP contribution in [-0.4, -0.2) is 31.8 Å². The molecule has 110 valence electrons. The van der Waals surface area contributed by atoms with E-state index in [1.807, 2.05) is 27.9 Å². The standard InChI is InChI=1S/C13H16N6OS/c1-7-8(2)20-13(16-7)21-6-10-17-11(14-3)9-5-15-19(4)12(9)18-10/h5H,6H2,1-4H3,(H,14,17,18). The Labute approximate surface area is 126 Å². The number of nitrogens with one attached hydrogen (secondary N) is 1. The molecule has 0 unspecified atom stereocenters. The molecule has 0 radical (unpaired) electrons. The van der Waals surface area contributed by atoms with Gasteiger partial charge >= 0.3 is 0 Å². The minimum absolute atomic E-state index is 0.592. The van der Waals surface area contributed by atoms with Crippen molar-refractivity contribution in [1.82, 2.24) is 24.7 Å². The highest BCUT2D eigenvalue weighted by atomic mass is 32.2. The van der Waals surface area contributed by atoms with Crippen molar-refractivity contribution in [2.75, 3.05) is 12.4 Å². The largest absolute Gasteiger partial charge is 0.437 e. The lowest BCUT2D eigenvalue weighted by molar-refractivity contribution is 0.431. The van der Waals surface area contributed by atoms with Crippen molar-refractivity contribution in [3.8, 4) is 0 Å². The normalized spacial score (nSPS) is 11.2. The first kappa shape index (κ1) is 13.9. The van der Waals surface area contributed by atoms with Crippen LogP contribution in [-0.2, 0) is 12.8 Å². The van der Waals surface area contributed by atoms with E-state index in [1.54, 1.807) is 10.9 Å². The number of aryl methyl sites for hydroxylation is 3. The molecule has 1 N–H and O–H groups in total. The molecule has 0 saturated carbocycles. The van der Waals surface area contributed by atoms with E-state index in [4.69, 9.17) is 4.42 Å². The van der Waals surface area contributed by atoms with Gasteiger partial charge < -0.3 is 9.73 Å². The van der Waals surface area contributed by atoms with Crippen LogP contribution in [0.3, 0.4) is 0 Å². The lowest BCUT2D eigenvalue weighted by Gasteiger charge is -2.04. The Kier molecular flexibility index (Phi) is 3.54. The van der Waals surface area contributed by atoms with Crippen LogP contribution in [0.25, 0.3) is 11.0 Å². The zero-order valence-corrected chi connectivity index (χ0v) is 13.2. The second-order valence-corrected chi connectivity index (χ2v) is 5.58. The molecule has 8 heteroatoms. The fourth-order valence-corrected chi connectivity index (χ4v) is 2.72. The quantitative estimate of drug-likeness (QED) is 0.740. The fraction of sp³-hybridized carbons (Fsp3) is 0.385. The predicted molar refractivity (Wildman–Crippen MR) is 81.4 cm³/mol. The van der Waals surface area contributed by atoms with Gasteiger partial charge in [-0.3, -0.25) is 4.68 Å². The van der Waals surface area contributed by atoms with Crippen molar-refractivity contribution < 1.29 is 4.42 Å². The minimum Gasteiger partial charge on any atom is -0.437 e. The molecule has 0 spiro atoms. The van der Waals surface area contributed by atoms with Gasteiger partial charge in [-0.15, -0.1) is 0 Å². The van der Waals surface area contributed by atoms with E-state index in [1.165, 1.54) is 11.8 Å². The molecular weight excluding hydrogens is 288 g/mol. The van der Waals surface area contributed by atoms with Crippen molar-refractivity contribution in [3.05, 3.63) is 23.5 Å². The number of nitrogens with zero attached hydrogens (tertiary/aromatic N) is 5. The molecule has 3 aromatic heterocycles. The summed E-state index contributed by atoms with van der Waals surface area (Å²) in [6.07, 6.45) is 1.76. The van der Waals surface area contributed by atoms with E-state index in [2.05, 4.69) is 25.4 Å². The molecule has 0 aliphatic carbocycles. The third kappa shape index (κ3) is 2.58. The van der Waals surface area contributed by atoms with Crippen LogP contribution in [0.4, 0.5) is 5.82 Å². The van der Waals surface area contributed by atoms with Crippen molar-refractivity contribution in [1.29, 1.82) is 0 Å². The first-order valence-corrected chi connectivity index (χ1v) is 7.50. The molecule has 0 aliphatic heterocycles. The molecule has 0 fully saturated rings. The molecule has 0 saturated heterocycles. The molecule has 21 heavy (non-hydrogen) atoms. The highest BCUT2D eigenvalue weighted by Crippen LogP contribution is 2.25. The number of hydrogen-bond acceptors (Lipinski definition) is 7. The van der Waals surface area contributed by atoms with E-state index < -0.39 is 0 Å². The topological polar surface area (TPSA) is 81.7 Å². The molecule has 0 bridgehead atoms. The summed E-state index contributed by atoms with van der Waals surface area (Å²) < 4.78 is 7.29. The van der Waals surface area contributed by atoms with Gasteiger partial charge in [-0.05, 0) is 13.8 Å². The predicted octanol–water partition coefficient (Wildman–Crippen LogP) is 2.30. The van der Waals surface area contributed by atoms with E-state index in [0.29, 0.717) is 16.8 Å².